The highest BCUT2D eigenvalue weighted by molar-refractivity contribution is 7.11. The molecule has 0 aliphatic heterocycles. The van der Waals surface area contributed by atoms with Crippen LogP contribution in [0.3, 0.4) is 0 Å². The molecule has 1 N–H and O–H groups in total. The van der Waals surface area contributed by atoms with Gasteiger partial charge < -0.3 is 5.11 Å². The molecule has 1 heterocycles. The number of aliphatic hydroxyl groups is 1. The number of Topliss-reactive ketones (excluding diaryl/α,β-unsaturated/α-hetero) is 1. The molecular formula is C18H22O2S. The lowest BCUT2D eigenvalue weighted by Gasteiger charge is -2.45. The number of rotatable bonds is 1. The predicted octanol–water partition coefficient (Wildman–Crippen LogP) is 4.28. The maximum Gasteiger partial charge on any atom is 0.184 e. The number of hydrogen-bond acceptors (Lipinski definition) is 3. The van der Waals surface area contributed by atoms with Crippen molar-refractivity contribution in [2.75, 3.05) is 0 Å². The van der Waals surface area contributed by atoms with Crippen molar-refractivity contribution in [1.82, 2.24) is 0 Å². The average Bonchev–Trinajstić information content (AvgIpc) is 2.84. The molecule has 1 fully saturated rings. The summed E-state index contributed by atoms with van der Waals surface area (Å²) in [5, 5.41) is 12.6. The van der Waals surface area contributed by atoms with Crippen LogP contribution in [-0.2, 0) is 4.79 Å². The molecule has 3 heteroatoms. The Labute approximate surface area is 130 Å². The van der Waals surface area contributed by atoms with E-state index >= 15 is 0 Å². The summed E-state index contributed by atoms with van der Waals surface area (Å²) in [6.45, 7) is 6.13. The van der Waals surface area contributed by atoms with Crippen molar-refractivity contribution in [2.24, 2.45) is 5.41 Å². The molecular weight excluding hydrogens is 280 g/mol. The molecule has 0 bridgehead atoms. The van der Waals surface area contributed by atoms with E-state index in [0.717, 1.165) is 35.3 Å². The van der Waals surface area contributed by atoms with E-state index in [1.54, 1.807) is 11.3 Å². The quantitative estimate of drug-likeness (QED) is 0.786. The minimum absolute atomic E-state index is 0.171. The van der Waals surface area contributed by atoms with E-state index in [1.807, 2.05) is 13.0 Å². The van der Waals surface area contributed by atoms with Crippen molar-refractivity contribution in [3.8, 4) is 0 Å². The lowest BCUT2D eigenvalue weighted by Crippen LogP contribution is -2.42. The maximum atomic E-state index is 12.7. The second kappa shape index (κ2) is 5.22. The molecule has 2 nitrogen and oxygen atoms in total. The molecule has 1 saturated carbocycles. The fraction of sp³-hybridized carbons (Fsp3) is 0.500. The Morgan fingerprint density at radius 2 is 2.19 bits per heavy atom. The second-order valence-electron chi connectivity index (χ2n) is 6.57. The fourth-order valence-electron chi connectivity index (χ4n) is 3.78. The minimum atomic E-state index is -0.336. The summed E-state index contributed by atoms with van der Waals surface area (Å²) < 4.78 is 0. The number of carbonyl (C=O) groups excluding carboxylic acids is 1. The van der Waals surface area contributed by atoms with Gasteiger partial charge >= 0.3 is 0 Å². The third-order valence-electron chi connectivity index (χ3n) is 5.18. The lowest BCUT2D eigenvalue weighted by molar-refractivity contribution is -0.113. The molecule has 0 spiro atoms. The number of fused-ring (bicyclic) bond motifs is 1. The lowest BCUT2D eigenvalue weighted by atomic mass is 9.61. The molecule has 0 unspecified atom stereocenters. The van der Waals surface area contributed by atoms with Gasteiger partial charge in [0.25, 0.3) is 0 Å². The standard InChI is InChI=1S/C18H22O2S/c1-11-7-8-21-15(11)9-13-10-18(3)14(12(2)17(13)20)5-4-6-16(18)19/h7-9,16,19H,4-6,10H2,1-3H3/t16-,18-/m0/s1. The van der Waals surface area contributed by atoms with Gasteiger partial charge in [0.05, 0.1) is 6.10 Å². The van der Waals surface area contributed by atoms with Crippen LogP contribution in [0.15, 0.2) is 28.2 Å². The van der Waals surface area contributed by atoms with Crippen LogP contribution in [0.4, 0.5) is 0 Å². The highest BCUT2D eigenvalue weighted by Gasteiger charge is 2.45. The molecule has 112 valence electrons. The normalized spacial score (nSPS) is 31.7. The third kappa shape index (κ3) is 2.33. The van der Waals surface area contributed by atoms with Gasteiger partial charge in [-0.15, -0.1) is 11.3 Å². The molecule has 0 amide bonds. The molecule has 2 aliphatic rings. The smallest absolute Gasteiger partial charge is 0.184 e. The fourth-order valence-corrected chi connectivity index (χ4v) is 4.66. The summed E-state index contributed by atoms with van der Waals surface area (Å²) in [7, 11) is 0. The molecule has 1 aromatic rings. The molecule has 2 aliphatic carbocycles. The van der Waals surface area contributed by atoms with E-state index in [4.69, 9.17) is 0 Å². The zero-order chi connectivity index (χ0) is 15.2. The summed E-state index contributed by atoms with van der Waals surface area (Å²) >= 11 is 1.67. The summed E-state index contributed by atoms with van der Waals surface area (Å²) in [5.74, 6) is 0.171. The van der Waals surface area contributed by atoms with Crippen molar-refractivity contribution >= 4 is 23.2 Å². The van der Waals surface area contributed by atoms with Crippen LogP contribution >= 0.6 is 11.3 Å². The van der Waals surface area contributed by atoms with Crippen molar-refractivity contribution in [2.45, 2.75) is 52.6 Å². The van der Waals surface area contributed by atoms with Crippen LogP contribution < -0.4 is 0 Å². The van der Waals surface area contributed by atoms with Gasteiger partial charge in [0, 0.05) is 15.9 Å². The summed E-state index contributed by atoms with van der Waals surface area (Å²) in [6, 6.07) is 2.08. The number of carbonyl (C=O) groups is 1. The highest BCUT2D eigenvalue weighted by Crippen LogP contribution is 2.50. The number of aliphatic hydroxyl groups excluding tert-OH is 1. The molecule has 1 aromatic heterocycles. The molecule has 0 radical (unpaired) electrons. The first kappa shape index (κ1) is 14.7. The van der Waals surface area contributed by atoms with E-state index in [0.29, 0.717) is 6.42 Å². The van der Waals surface area contributed by atoms with Crippen LogP contribution in [0.5, 0.6) is 0 Å². The van der Waals surface area contributed by atoms with Crippen molar-refractivity contribution in [3.05, 3.63) is 38.6 Å². The van der Waals surface area contributed by atoms with E-state index in [1.165, 1.54) is 11.1 Å². The first-order chi connectivity index (χ1) is 9.93. The van der Waals surface area contributed by atoms with Gasteiger partial charge in [-0.2, -0.15) is 0 Å². The number of thiophene rings is 1. The summed E-state index contributed by atoms with van der Waals surface area (Å²) in [6.07, 6.45) is 5.15. The highest BCUT2D eigenvalue weighted by atomic mass is 32.1. The Bertz CT molecular complexity index is 650. The molecule has 0 aromatic carbocycles. The van der Waals surface area contributed by atoms with Crippen LogP contribution in [0.1, 0.15) is 50.0 Å². The van der Waals surface area contributed by atoms with E-state index < -0.39 is 0 Å². The number of hydrogen-bond donors (Lipinski definition) is 1. The van der Waals surface area contributed by atoms with Gasteiger partial charge in [-0.05, 0) is 68.2 Å². The predicted molar refractivity (Wildman–Crippen MR) is 87.3 cm³/mol. The maximum absolute atomic E-state index is 12.7. The van der Waals surface area contributed by atoms with Crippen molar-refractivity contribution < 1.29 is 9.90 Å². The van der Waals surface area contributed by atoms with E-state index in [2.05, 4.69) is 25.3 Å². The van der Waals surface area contributed by atoms with Gasteiger partial charge in [0.1, 0.15) is 0 Å². The molecule has 0 saturated heterocycles. The minimum Gasteiger partial charge on any atom is -0.392 e. The van der Waals surface area contributed by atoms with Gasteiger partial charge in [-0.3, -0.25) is 4.79 Å². The topological polar surface area (TPSA) is 37.3 Å². The van der Waals surface area contributed by atoms with Crippen LogP contribution in [-0.4, -0.2) is 17.0 Å². The zero-order valence-electron chi connectivity index (χ0n) is 12.9. The third-order valence-corrected chi connectivity index (χ3v) is 6.14. The molecule has 2 atom stereocenters. The first-order valence-corrected chi connectivity index (χ1v) is 8.49. The van der Waals surface area contributed by atoms with Gasteiger partial charge in [0.2, 0.25) is 0 Å². The van der Waals surface area contributed by atoms with E-state index in [-0.39, 0.29) is 17.3 Å². The van der Waals surface area contributed by atoms with Crippen LogP contribution in [0.2, 0.25) is 0 Å². The average molecular weight is 302 g/mol. The Hall–Kier alpha value is -1.19. The molecule has 3 rings (SSSR count). The zero-order valence-corrected chi connectivity index (χ0v) is 13.7. The van der Waals surface area contributed by atoms with Gasteiger partial charge in [-0.1, -0.05) is 12.5 Å². The van der Waals surface area contributed by atoms with Gasteiger partial charge in [-0.25, -0.2) is 0 Å². The van der Waals surface area contributed by atoms with Crippen molar-refractivity contribution in [3.63, 3.8) is 0 Å². The Morgan fingerprint density at radius 1 is 1.43 bits per heavy atom. The Kier molecular flexibility index (Phi) is 3.66. The second-order valence-corrected chi connectivity index (χ2v) is 7.52. The largest absolute Gasteiger partial charge is 0.392 e. The molecule has 21 heavy (non-hydrogen) atoms. The summed E-state index contributed by atoms with van der Waals surface area (Å²) in [4.78, 5) is 13.8. The first-order valence-electron chi connectivity index (χ1n) is 7.61. The monoisotopic (exact) mass is 302 g/mol. The Balaban J connectivity index is 2.07. The summed E-state index contributed by atoms with van der Waals surface area (Å²) in [5.41, 5.74) is 3.86. The van der Waals surface area contributed by atoms with E-state index in [9.17, 15) is 9.90 Å². The number of aryl methyl sites for hydroxylation is 1. The Morgan fingerprint density at radius 3 is 2.86 bits per heavy atom. The van der Waals surface area contributed by atoms with Crippen LogP contribution in [0, 0.1) is 12.3 Å². The number of allylic oxidation sites excluding steroid dienone is 2. The van der Waals surface area contributed by atoms with Gasteiger partial charge in [0.15, 0.2) is 5.78 Å². The van der Waals surface area contributed by atoms with Crippen LogP contribution in [0.25, 0.3) is 6.08 Å². The number of ketones is 1. The van der Waals surface area contributed by atoms with Crippen molar-refractivity contribution in [1.29, 1.82) is 0 Å². The SMILES string of the molecule is CC1=C2CCC[C@H](O)[C@@]2(C)CC(=Cc2sccc2C)C1=O.